The van der Waals surface area contributed by atoms with Crippen LogP contribution in [0.15, 0.2) is 24.9 Å². The second kappa shape index (κ2) is 5.82. The molecule has 2 unspecified atom stereocenters. The first-order valence-corrected chi connectivity index (χ1v) is 8.07. The number of nitrogens with zero attached hydrogens (tertiary/aromatic N) is 6. The minimum absolute atomic E-state index is 0.349. The van der Waals surface area contributed by atoms with Gasteiger partial charge in [0, 0.05) is 55.8 Å². The summed E-state index contributed by atoms with van der Waals surface area (Å²) in [5.74, 6) is 2.07. The number of anilines is 2. The Kier molecular flexibility index (Phi) is 3.73. The molecule has 0 aliphatic carbocycles. The van der Waals surface area contributed by atoms with Crippen LogP contribution in [0.3, 0.4) is 0 Å². The van der Waals surface area contributed by atoms with Gasteiger partial charge in [0.1, 0.15) is 30.0 Å². The maximum atomic E-state index is 12.8. The van der Waals surface area contributed by atoms with Crippen molar-refractivity contribution in [3.8, 4) is 0 Å². The van der Waals surface area contributed by atoms with Gasteiger partial charge >= 0.3 is 6.18 Å². The molecule has 2 atom stereocenters. The molecule has 4 rings (SSSR count). The minimum atomic E-state index is -4.45. The van der Waals surface area contributed by atoms with Crippen LogP contribution in [-0.2, 0) is 6.18 Å². The van der Waals surface area contributed by atoms with E-state index in [2.05, 4.69) is 24.8 Å². The zero-order chi connectivity index (χ0) is 17.6. The highest BCUT2D eigenvalue weighted by molar-refractivity contribution is 5.48. The van der Waals surface area contributed by atoms with E-state index in [9.17, 15) is 13.2 Å². The number of aryl methyl sites for hydroxylation is 1. The maximum absolute atomic E-state index is 12.8. The van der Waals surface area contributed by atoms with E-state index < -0.39 is 11.9 Å². The molecule has 2 fully saturated rings. The number of aromatic nitrogens is 4. The van der Waals surface area contributed by atoms with E-state index in [4.69, 9.17) is 0 Å². The molecule has 25 heavy (non-hydrogen) atoms. The molecule has 6 nitrogen and oxygen atoms in total. The molecule has 2 saturated heterocycles. The van der Waals surface area contributed by atoms with E-state index in [0.717, 1.165) is 36.9 Å². The molecule has 0 saturated carbocycles. The summed E-state index contributed by atoms with van der Waals surface area (Å²) in [7, 11) is 0. The number of hydrogen-bond acceptors (Lipinski definition) is 6. The molecule has 132 valence electrons. The Bertz CT molecular complexity index is 766. The van der Waals surface area contributed by atoms with Gasteiger partial charge in [-0.1, -0.05) is 0 Å². The lowest BCUT2D eigenvalue weighted by molar-refractivity contribution is -0.141. The first-order chi connectivity index (χ1) is 11.9. The van der Waals surface area contributed by atoms with Crippen LogP contribution in [-0.4, -0.2) is 46.1 Å². The van der Waals surface area contributed by atoms with Gasteiger partial charge in [-0.05, 0) is 6.92 Å². The second-order valence-corrected chi connectivity index (χ2v) is 6.62. The zero-order valence-corrected chi connectivity index (χ0v) is 13.6. The SMILES string of the molecule is Cc1cncnc1N1CC2CN(c3cc(C(F)(F)F)ncn3)CC2C1. The van der Waals surface area contributed by atoms with Crippen LogP contribution in [0.4, 0.5) is 24.8 Å². The topological polar surface area (TPSA) is 58.0 Å². The summed E-state index contributed by atoms with van der Waals surface area (Å²) in [6.07, 6.45) is -0.123. The Balaban J connectivity index is 1.47. The fourth-order valence-electron chi connectivity index (χ4n) is 3.75. The van der Waals surface area contributed by atoms with Gasteiger partial charge in [0.2, 0.25) is 0 Å². The highest BCUT2D eigenvalue weighted by Gasteiger charge is 2.42. The van der Waals surface area contributed by atoms with Gasteiger partial charge in [-0.3, -0.25) is 0 Å². The lowest BCUT2D eigenvalue weighted by Crippen LogP contribution is -2.30. The number of halogens is 3. The van der Waals surface area contributed by atoms with Gasteiger partial charge in [-0.15, -0.1) is 0 Å². The number of rotatable bonds is 2. The molecule has 2 aliphatic heterocycles. The van der Waals surface area contributed by atoms with Crippen LogP contribution >= 0.6 is 0 Å². The van der Waals surface area contributed by atoms with E-state index in [-0.39, 0.29) is 0 Å². The molecule has 4 heterocycles. The third-order valence-electron chi connectivity index (χ3n) is 4.92. The molecule has 2 aromatic rings. The largest absolute Gasteiger partial charge is 0.433 e. The Labute approximate surface area is 142 Å². The van der Waals surface area contributed by atoms with Crippen molar-refractivity contribution >= 4 is 11.6 Å². The summed E-state index contributed by atoms with van der Waals surface area (Å²) >= 11 is 0. The Morgan fingerprint density at radius 3 is 2.28 bits per heavy atom. The molecule has 0 N–H and O–H groups in total. The summed E-state index contributed by atoms with van der Waals surface area (Å²) in [4.78, 5) is 19.9. The summed E-state index contributed by atoms with van der Waals surface area (Å²) in [5, 5.41) is 0. The summed E-state index contributed by atoms with van der Waals surface area (Å²) in [6, 6.07) is 1.04. The summed E-state index contributed by atoms with van der Waals surface area (Å²) in [6.45, 7) is 5.06. The van der Waals surface area contributed by atoms with E-state index in [1.165, 1.54) is 0 Å². The molecule has 0 radical (unpaired) electrons. The van der Waals surface area contributed by atoms with Crippen molar-refractivity contribution in [1.82, 2.24) is 19.9 Å². The Morgan fingerprint density at radius 1 is 0.960 bits per heavy atom. The van der Waals surface area contributed by atoms with Crippen LogP contribution < -0.4 is 9.80 Å². The van der Waals surface area contributed by atoms with Gasteiger partial charge in [-0.25, -0.2) is 19.9 Å². The van der Waals surface area contributed by atoms with Crippen molar-refractivity contribution in [2.45, 2.75) is 13.1 Å². The van der Waals surface area contributed by atoms with Crippen LogP contribution in [0.1, 0.15) is 11.3 Å². The third kappa shape index (κ3) is 2.98. The molecule has 2 aromatic heterocycles. The lowest BCUT2D eigenvalue weighted by atomic mass is 10.0. The molecular weight excluding hydrogens is 333 g/mol. The fourth-order valence-corrected chi connectivity index (χ4v) is 3.75. The highest BCUT2D eigenvalue weighted by Crippen LogP contribution is 2.36. The first-order valence-electron chi connectivity index (χ1n) is 8.07. The predicted molar refractivity (Wildman–Crippen MR) is 85.2 cm³/mol. The summed E-state index contributed by atoms with van der Waals surface area (Å²) < 4.78 is 38.5. The van der Waals surface area contributed by atoms with E-state index in [0.29, 0.717) is 30.7 Å². The smallest absolute Gasteiger partial charge is 0.356 e. The maximum Gasteiger partial charge on any atom is 0.433 e. The van der Waals surface area contributed by atoms with Crippen molar-refractivity contribution in [2.75, 3.05) is 36.0 Å². The Morgan fingerprint density at radius 2 is 1.64 bits per heavy atom. The van der Waals surface area contributed by atoms with Crippen molar-refractivity contribution in [2.24, 2.45) is 11.8 Å². The van der Waals surface area contributed by atoms with Crippen molar-refractivity contribution in [1.29, 1.82) is 0 Å². The van der Waals surface area contributed by atoms with Crippen LogP contribution in [0.25, 0.3) is 0 Å². The molecule has 0 aromatic carbocycles. The average molecular weight is 350 g/mol. The number of hydrogen-bond donors (Lipinski definition) is 0. The van der Waals surface area contributed by atoms with Crippen LogP contribution in [0, 0.1) is 18.8 Å². The average Bonchev–Trinajstić information content (AvgIpc) is 3.13. The first kappa shape index (κ1) is 16.0. The molecule has 0 spiro atoms. The van der Waals surface area contributed by atoms with Crippen molar-refractivity contribution in [3.63, 3.8) is 0 Å². The number of fused-ring (bicyclic) bond motifs is 1. The molecule has 9 heteroatoms. The minimum Gasteiger partial charge on any atom is -0.356 e. The van der Waals surface area contributed by atoms with Crippen LogP contribution in [0.2, 0.25) is 0 Å². The van der Waals surface area contributed by atoms with Gasteiger partial charge in [0.15, 0.2) is 0 Å². The fraction of sp³-hybridized carbons (Fsp3) is 0.500. The molecule has 0 bridgehead atoms. The summed E-state index contributed by atoms with van der Waals surface area (Å²) in [5.41, 5.74) is 0.137. The lowest BCUT2D eigenvalue weighted by Gasteiger charge is -2.24. The Hall–Kier alpha value is -2.45. The van der Waals surface area contributed by atoms with Crippen LogP contribution in [0.5, 0.6) is 0 Å². The van der Waals surface area contributed by atoms with Gasteiger partial charge < -0.3 is 9.80 Å². The molecular formula is C16H17F3N6. The normalized spacial score (nSPS) is 23.2. The van der Waals surface area contributed by atoms with E-state index >= 15 is 0 Å². The van der Waals surface area contributed by atoms with Gasteiger partial charge in [0.25, 0.3) is 0 Å². The molecule has 0 amide bonds. The monoisotopic (exact) mass is 350 g/mol. The van der Waals surface area contributed by atoms with E-state index in [1.807, 2.05) is 11.8 Å². The highest BCUT2D eigenvalue weighted by atomic mass is 19.4. The second-order valence-electron chi connectivity index (χ2n) is 6.62. The van der Waals surface area contributed by atoms with Crippen molar-refractivity contribution < 1.29 is 13.2 Å². The predicted octanol–water partition coefficient (Wildman–Crippen LogP) is 2.17. The molecule has 2 aliphatic rings. The third-order valence-corrected chi connectivity index (χ3v) is 4.92. The zero-order valence-electron chi connectivity index (χ0n) is 13.6. The van der Waals surface area contributed by atoms with Gasteiger partial charge in [0.05, 0.1) is 0 Å². The van der Waals surface area contributed by atoms with Gasteiger partial charge in [-0.2, -0.15) is 13.2 Å². The standard InChI is InChI=1S/C16H17F3N6/c1-10-3-20-8-23-15(10)25-6-11-4-24(5-12(11)7-25)14-2-13(16(17,18)19)21-9-22-14/h2-3,8-9,11-12H,4-7H2,1H3. The van der Waals surface area contributed by atoms with Crippen molar-refractivity contribution in [3.05, 3.63) is 36.2 Å². The quantitative estimate of drug-likeness (QED) is 0.827. The number of alkyl halides is 3. The van der Waals surface area contributed by atoms with E-state index in [1.54, 1.807) is 12.5 Å².